The third kappa shape index (κ3) is 3.46. The molecule has 1 saturated heterocycles. The average Bonchev–Trinajstić information content (AvgIpc) is 2.63. The van der Waals surface area contributed by atoms with E-state index < -0.39 is 0 Å². The second-order valence-corrected chi connectivity index (χ2v) is 6.60. The summed E-state index contributed by atoms with van der Waals surface area (Å²) in [5, 5.41) is 3.96. The first kappa shape index (κ1) is 14.3. The van der Waals surface area contributed by atoms with Crippen LogP contribution in [0.3, 0.4) is 0 Å². The van der Waals surface area contributed by atoms with E-state index in [0.29, 0.717) is 12.1 Å². The van der Waals surface area contributed by atoms with Gasteiger partial charge in [0.2, 0.25) is 0 Å². The topological polar surface area (TPSA) is 41.3 Å². The Kier molecular flexibility index (Phi) is 5.05. The zero-order valence-electron chi connectivity index (χ0n) is 12.3. The van der Waals surface area contributed by atoms with E-state index in [4.69, 9.17) is 5.73 Å². The average molecular weight is 253 g/mol. The Labute approximate surface area is 112 Å². The minimum Gasteiger partial charge on any atom is -0.329 e. The molecule has 1 aliphatic carbocycles. The number of rotatable bonds is 3. The number of hydrogen-bond acceptors (Lipinski definition) is 3. The van der Waals surface area contributed by atoms with Crippen LogP contribution in [0.4, 0.5) is 0 Å². The van der Waals surface area contributed by atoms with E-state index in [1.807, 2.05) is 0 Å². The van der Waals surface area contributed by atoms with Crippen LogP contribution in [0, 0.1) is 0 Å². The Morgan fingerprint density at radius 3 is 2.44 bits per heavy atom. The summed E-state index contributed by atoms with van der Waals surface area (Å²) in [6.45, 7) is 4.30. The molecule has 2 atom stereocenters. The number of nitrogens with zero attached hydrogens (tertiary/aromatic N) is 1. The number of nitrogens with two attached hydrogens (primary N) is 1. The molecule has 1 saturated carbocycles. The fraction of sp³-hybridized carbons (Fsp3) is 1.00. The van der Waals surface area contributed by atoms with Gasteiger partial charge in [-0.05, 0) is 46.2 Å². The van der Waals surface area contributed by atoms with Crippen LogP contribution in [0.2, 0.25) is 0 Å². The molecule has 0 bridgehead atoms. The van der Waals surface area contributed by atoms with Gasteiger partial charge in [-0.25, -0.2) is 0 Å². The molecule has 0 radical (unpaired) electrons. The van der Waals surface area contributed by atoms with Crippen molar-refractivity contribution in [3.63, 3.8) is 0 Å². The Hall–Kier alpha value is -0.120. The zero-order valence-corrected chi connectivity index (χ0v) is 12.3. The molecule has 3 nitrogen and oxygen atoms in total. The smallest absolute Gasteiger partial charge is 0.0333 e. The van der Waals surface area contributed by atoms with E-state index in [1.165, 1.54) is 57.9 Å². The molecule has 0 aromatic heterocycles. The summed E-state index contributed by atoms with van der Waals surface area (Å²) < 4.78 is 0. The van der Waals surface area contributed by atoms with Gasteiger partial charge in [-0.3, -0.25) is 0 Å². The second kappa shape index (κ2) is 6.36. The molecular formula is C15H31N3. The van der Waals surface area contributed by atoms with Gasteiger partial charge in [-0.1, -0.05) is 25.7 Å². The first-order valence-corrected chi connectivity index (χ1v) is 7.83. The fourth-order valence-corrected chi connectivity index (χ4v) is 3.67. The van der Waals surface area contributed by atoms with Gasteiger partial charge in [0, 0.05) is 24.2 Å². The van der Waals surface area contributed by atoms with Crippen molar-refractivity contribution in [2.24, 2.45) is 5.73 Å². The molecule has 0 aromatic carbocycles. The van der Waals surface area contributed by atoms with Crippen LogP contribution in [0.1, 0.15) is 58.3 Å². The van der Waals surface area contributed by atoms with Crippen molar-refractivity contribution >= 4 is 0 Å². The van der Waals surface area contributed by atoms with Crippen molar-refractivity contribution in [2.75, 3.05) is 20.1 Å². The summed E-state index contributed by atoms with van der Waals surface area (Å²) >= 11 is 0. The molecule has 1 aliphatic heterocycles. The number of piperidine rings is 1. The van der Waals surface area contributed by atoms with Crippen molar-refractivity contribution in [1.29, 1.82) is 0 Å². The first-order chi connectivity index (χ1) is 8.65. The number of likely N-dealkylation sites (tertiary alicyclic amines) is 1. The molecular weight excluding hydrogens is 222 g/mol. The largest absolute Gasteiger partial charge is 0.329 e. The number of nitrogens with one attached hydrogen (secondary N) is 1. The van der Waals surface area contributed by atoms with E-state index in [1.54, 1.807) is 0 Å². The molecule has 3 N–H and O–H groups in total. The Morgan fingerprint density at radius 2 is 1.89 bits per heavy atom. The van der Waals surface area contributed by atoms with E-state index >= 15 is 0 Å². The van der Waals surface area contributed by atoms with Gasteiger partial charge in [0.05, 0.1) is 0 Å². The van der Waals surface area contributed by atoms with Crippen LogP contribution < -0.4 is 11.1 Å². The highest BCUT2D eigenvalue weighted by atomic mass is 15.2. The van der Waals surface area contributed by atoms with Crippen molar-refractivity contribution < 1.29 is 0 Å². The first-order valence-electron chi connectivity index (χ1n) is 7.83. The maximum absolute atomic E-state index is 6.12. The molecule has 1 heterocycles. The van der Waals surface area contributed by atoms with Crippen molar-refractivity contribution in [2.45, 2.75) is 75.9 Å². The van der Waals surface area contributed by atoms with Gasteiger partial charge in [-0.2, -0.15) is 0 Å². The van der Waals surface area contributed by atoms with Gasteiger partial charge in [-0.15, -0.1) is 0 Å². The molecule has 3 heteroatoms. The highest BCUT2D eigenvalue weighted by Crippen LogP contribution is 2.28. The number of hydrogen-bond donors (Lipinski definition) is 2. The highest BCUT2D eigenvalue weighted by molar-refractivity contribution is 4.98. The van der Waals surface area contributed by atoms with Gasteiger partial charge < -0.3 is 16.0 Å². The van der Waals surface area contributed by atoms with Gasteiger partial charge in [0.15, 0.2) is 0 Å². The van der Waals surface area contributed by atoms with E-state index in [2.05, 4.69) is 24.2 Å². The van der Waals surface area contributed by atoms with E-state index in [9.17, 15) is 0 Å². The lowest BCUT2D eigenvalue weighted by Gasteiger charge is -2.46. The monoisotopic (exact) mass is 253 g/mol. The Morgan fingerprint density at radius 1 is 1.22 bits per heavy atom. The van der Waals surface area contributed by atoms with Gasteiger partial charge >= 0.3 is 0 Å². The highest BCUT2D eigenvalue weighted by Gasteiger charge is 2.37. The molecule has 18 heavy (non-hydrogen) atoms. The molecule has 2 aliphatic rings. The van der Waals surface area contributed by atoms with Crippen LogP contribution in [0.5, 0.6) is 0 Å². The molecule has 0 aromatic rings. The lowest BCUT2D eigenvalue weighted by molar-refractivity contribution is 0.100. The summed E-state index contributed by atoms with van der Waals surface area (Å²) in [6.07, 6.45) is 10.8. The third-order valence-electron chi connectivity index (χ3n) is 5.14. The SMILES string of the molecule is CC1CC(CN)(NC2CCCCCC2)CCN1C. The predicted molar refractivity (Wildman–Crippen MR) is 77.7 cm³/mol. The van der Waals surface area contributed by atoms with Gasteiger partial charge in [0.25, 0.3) is 0 Å². The van der Waals surface area contributed by atoms with E-state index in [-0.39, 0.29) is 5.54 Å². The molecule has 2 fully saturated rings. The normalized spacial score (nSPS) is 36.5. The van der Waals surface area contributed by atoms with Crippen molar-refractivity contribution in [3.8, 4) is 0 Å². The minimum atomic E-state index is 0.209. The minimum absolute atomic E-state index is 0.209. The maximum Gasteiger partial charge on any atom is 0.0333 e. The lowest BCUT2D eigenvalue weighted by Crippen LogP contribution is -2.61. The summed E-state index contributed by atoms with van der Waals surface area (Å²) in [4.78, 5) is 2.46. The van der Waals surface area contributed by atoms with Crippen LogP contribution in [-0.2, 0) is 0 Å². The summed E-state index contributed by atoms with van der Waals surface area (Å²) in [7, 11) is 2.23. The molecule has 2 rings (SSSR count). The molecule has 0 amide bonds. The standard InChI is InChI=1S/C15H31N3/c1-13-11-15(12-16,9-10-18(13)2)17-14-7-5-3-4-6-8-14/h13-14,17H,3-12,16H2,1-2H3. The van der Waals surface area contributed by atoms with Crippen molar-refractivity contribution in [3.05, 3.63) is 0 Å². The predicted octanol–water partition coefficient (Wildman–Crippen LogP) is 2.11. The second-order valence-electron chi connectivity index (χ2n) is 6.60. The Balaban J connectivity index is 1.94. The van der Waals surface area contributed by atoms with Crippen molar-refractivity contribution in [1.82, 2.24) is 10.2 Å². The molecule has 106 valence electrons. The van der Waals surface area contributed by atoms with Crippen LogP contribution in [0.25, 0.3) is 0 Å². The summed E-state index contributed by atoms with van der Waals surface area (Å²) in [5.41, 5.74) is 6.33. The summed E-state index contributed by atoms with van der Waals surface area (Å²) in [5.74, 6) is 0. The zero-order chi connectivity index (χ0) is 13.0. The molecule has 0 spiro atoms. The van der Waals surface area contributed by atoms with Gasteiger partial charge in [0.1, 0.15) is 0 Å². The quantitative estimate of drug-likeness (QED) is 0.757. The Bertz CT molecular complexity index is 248. The van der Waals surface area contributed by atoms with Crippen LogP contribution >= 0.6 is 0 Å². The summed E-state index contributed by atoms with van der Waals surface area (Å²) in [6, 6.07) is 1.37. The van der Waals surface area contributed by atoms with E-state index in [0.717, 1.165) is 6.54 Å². The van der Waals surface area contributed by atoms with Crippen LogP contribution in [0.15, 0.2) is 0 Å². The third-order valence-corrected chi connectivity index (χ3v) is 5.14. The lowest BCUT2D eigenvalue weighted by atomic mass is 9.82. The van der Waals surface area contributed by atoms with Crippen LogP contribution in [-0.4, -0.2) is 42.7 Å². The molecule has 2 unspecified atom stereocenters. The fourth-order valence-electron chi connectivity index (χ4n) is 3.67. The maximum atomic E-state index is 6.12.